The van der Waals surface area contributed by atoms with Gasteiger partial charge in [-0.2, -0.15) is 0 Å². The first-order valence-corrected chi connectivity index (χ1v) is 10.3. The van der Waals surface area contributed by atoms with Gasteiger partial charge in [0.25, 0.3) is 0 Å². The molecule has 2 heterocycles. The number of fused-ring (bicyclic) bond motifs is 1. The Morgan fingerprint density at radius 1 is 1.13 bits per heavy atom. The van der Waals surface area contributed by atoms with Crippen LogP contribution < -0.4 is 0 Å². The van der Waals surface area contributed by atoms with Crippen molar-refractivity contribution in [3.05, 3.63) is 58.9 Å². The van der Waals surface area contributed by atoms with Gasteiger partial charge in [0.2, 0.25) is 5.78 Å². The average molecular weight is 423 g/mol. The monoisotopic (exact) mass is 423 g/mol. The lowest BCUT2D eigenvalue weighted by Crippen LogP contribution is -2.18. The fourth-order valence-electron chi connectivity index (χ4n) is 4.14. The number of carbonyl (C=O) groups excluding carboxylic acids is 2. The molecule has 0 radical (unpaired) electrons. The molecule has 1 aromatic heterocycles. The molecule has 1 fully saturated rings. The van der Waals surface area contributed by atoms with Crippen LogP contribution in [0.15, 0.2) is 36.4 Å². The molecule has 3 aromatic rings. The summed E-state index contributed by atoms with van der Waals surface area (Å²) in [5.74, 6) is -1.64. The van der Waals surface area contributed by atoms with Crippen LogP contribution >= 0.6 is 0 Å². The van der Waals surface area contributed by atoms with Crippen molar-refractivity contribution >= 4 is 22.5 Å². The molecule has 1 aliphatic rings. The maximum atomic E-state index is 12.7. The number of hydrogen-bond acceptors (Lipinski definition) is 6. The van der Waals surface area contributed by atoms with Crippen molar-refractivity contribution in [1.29, 1.82) is 0 Å². The molecule has 7 heteroatoms. The number of nitrogens with zero attached hydrogens (tertiary/aromatic N) is 1. The minimum absolute atomic E-state index is 0.147. The number of rotatable bonds is 6. The van der Waals surface area contributed by atoms with Crippen LogP contribution in [0.1, 0.15) is 44.9 Å². The zero-order chi connectivity index (χ0) is 22.1. The number of benzene rings is 2. The van der Waals surface area contributed by atoms with Crippen molar-refractivity contribution in [1.82, 2.24) is 4.57 Å². The number of ketones is 1. The second-order valence-electron chi connectivity index (χ2n) is 7.87. The number of carbonyl (C=O) groups is 2. The third-order valence-corrected chi connectivity index (χ3v) is 5.83. The minimum Gasteiger partial charge on any atom is -0.507 e. The van der Waals surface area contributed by atoms with Gasteiger partial charge in [0.05, 0.1) is 6.10 Å². The lowest BCUT2D eigenvalue weighted by Gasteiger charge is -2.14. The zero-order valence-electron chi connectivity index (χ0n) is 17.6. The molecule has 31 heavy (non-hydrogen) atoms. The molecule has 1 atom stereocenters. The van der Waals surface area contributed by atoms with Gasteiger partial charge >= 0.3 is 5.97 Å². The van der Waals surface area contributed by atoms with E-state index in [1.807, 2.05) is 13.8 Å². The summed E-state index contributed by atoms with van der Waals surface area (Å²) in [6.07, 6.45) is 2.19. The smallest absolute Gasteiger partial charge is 0.342 e. The van der Waals surface area contributed by atoms with Crippen molar-refractivity contribution in [2.75, 3.05) is 13.2 Å². The van der Waals surface area contributed by atoms with E-state index < -0.39 is 12.6 Å². The fourth-order valence-corrected chi connectivity index (χ4v) is 4.14. The topological polar surface area (TPSA) is 98.0 Å². The lowest BCUT2D eigenvalue weighted by molar-refractivity contribution is 0.0471. The molecule has 7 nitrogen and oxygen atoms in total. The van der Waals surface area contributed by atoms with Gasteiger partial charge in [-0.1, -0.05) is 24.3 Å². The number of esters is 1. The van der Waals surface area contributed by atoms with E-state index in [2.05, 4.69) is 4.57 Å². The highest BCUT2D eigenvalue weighted by atomic mass is 16.5. The second kappa shape index (κ2) is 8.43. The summed E-state index contributed by atoms with van der Waals surface area (Å²) in [5.41, 5.74) is 2.06. The van der Waals surface area contributed by atoms with Crippen LogP contribution in [0.3, 0.4) is 0 Å². The normalized spacial score (nSPS) is 16.0. The Kier molecular flexibility index (Phi) is 5.69. The van der Waals surface area contributed by atoms with Gasteiger partial charge in [0.1, 0.15) is 17.1 Å². The number of aryl methyl sites for hydroxylation is 1. The zero-order valence-corrected chi connectivity index (χ0v) is 17.6. The Hall–Kier alpha value is -3.32. The summed E-state index contributed by atoms with van der Waals surface area (Å²) in [4.78, 5) is 25.3. The van der Waals surface area contributed by atoms with Crippen LogP contribution in [0.25, 0.3) is 10.8 Å². The Morgan fingerprint density at radius 2 is 1.87 bits per heavy atom. The van der Waals surface area contributed by atoms with Crippen molar-refractivity contribution < 1.29 is 29.3 Å². The van der Waals surface area contributed by atoms with E-state index in [1.165, 1.54) is 0 Å². The van der Waals surface area contributed by atoms with E-state index in [0.29, 0.717) is 22.9 Å². The molecule has 2 aromatic carbocycles. The molecule has 0 spiro atoms. The molecule has 1 saturated heterocycles. The van der Waals surface area contributed by atoms with Crippen molar-refractivity contribution in [3.8, 4) is 11.5 Å². The Morgan fingerprint density at radius 3 is 2.58 bits per heavy atom. The van der Waals surface area contributed by atoms with Crippen LogP contribution in [0.5, 0.6) is 11.5 Å². The summed E-state index contributed by atoms with van der Waals surface area (Å²) in [5, 5.41) is 21.4. The molecule has 0 aliphatic carbocycles. The third kappa shape index (κ3) is 4.01. The lowest BCUT2D eigenvalue weighted by atomic mass is 10.0. The Labute approximate surface area is 179 Å². The highest BCUT2D eigenvalue weighted by molar-refractivity contribution is 6.05. The standard InChI is InChI=1S/C24H25NO6/c1-14-10-19(15(2)25(14)12-16-6-5-9-30-16)22(27)13-31-24(29)20-11-21(26)17-7-3-4-8-18(17)23(20)28/h3-4,7-8,10-11,16,26,28H,5-6,9,12-13H2,1-2H3. The summed E-state index contributed by atoms with van der Waals surface area (Å²) in [6.45, 7) is 4.79. The van der Waals surface area contributed by atoms with Crippen LogP contribution in [-0.4, -0.2) is 45.9 Å². The molecule has 0 saturated carbocycles. The SMILES string of the molecule is Cc1cc(C(=O)COC(=O)c2cc(O)c3ccccc3c2O)c(C)n1CC1CCCO1. The van der Waals surface area contributed by atoms with Gasteiger partial charge in [-0.3, -0.25) is 4.79 Å². The first-order valence-electron chi connectivity index (χ1n) is 10.3. The van der Waals surface area contributed by atoms with Crippen LogP contribution in [0, 0.1) is 13.8 Å². The highest BCUT2D eigenvalue weighted by Crippen LogP contribution is 2.35. The molecule has 0 amide bonds. The predicted molar refractivity (Wildman–Crippen MR) is 115 cm³/mol. The summed E-state index contributed by atoms with van der Waals surface area (Å²) in [7, 11) is 0. The third-order valence-electron chi connectivity index (χ3n) is 5.83. The molecule has 4 rings (SSSR count). The maximum absolute atomic E-state index is 12.7. The average Bonchev–Trinajstić information content (AvgIpc) is 3.38. The molecule has 1 unspecified atom stereocenters. The fraction of sp³-hybridized carbons (Fsp3) is 0.333. The number of aromatic hydroxyl groups is 2. The summed E-state index contributed by atoms with van der Waals surface area (Å²) >= 11 is 0. The quantitative estimate of drug-likeness (QED) is 0.355. The van der Waals surface area contributed by atoms with E-state index in [1.54, 1.807) is 30.3 Å². The Balaban J connectivity index is 1.48. The first-order chi connectivity index (χ1) is 14.9. The van der Waals surface area contributed by atoms with E-state index in [0.717, 1.165) is 36.9 Å². The molecular formula is C24H25NO6. The molecule has 2 N–H and O–H groups in total. The molecule has 162 valence electrons. The van der Waals surface area contributed by atoms with Gasteiger partial charge < -0.3 is 24.3 Å². The van der Waals surface area contributed by atoms with E-state index >= 15 is 0 Å². The largest absolute Gasteiger partial charge is 0.507 e. The van der Waals surface area contributed by atoms with Gasteiger partial charge in [-0.05, 0) is 38.8 Å². The van der Waals surface area contributed by atoms with Crippen LogP contribution in [0.2, 0.25) is 0 Å². The van der Waals surface area contributed by atoms with Crippen molar-refractivity contribution in [2.24, 2.45) is 0 Å². The number of aromatic nitrogens is 1. The highest BCUT2D eigenvalue weighted by Gasteiger charge is 2.23. The number of ether oxygens (including phenoxy) is 2. The van der Waals surface area contributed by atoms with E-state index in [4.69, 9.17) is 9.47 Å². The van der Waals surface area contributed by atoms with E-state index in [9.17, 15) is 19.8 Å². The Bertz CT molecular complexity index is 1160. The summed E-state index contributed by atoms with van der Waals surface area (Å²) < 4.78 is 12.9. The minimum atomic E-state index is -0.875. The van der Waals surface area contributed by atoms with Gasteiger partial charge in [0, 0.05) is 40.9 Å². The van der Waals surface area contributed by atoms with Gasteiger partial charge in [-0.25, -0.2) is 4.79 Å². The maximum Gasteiger partial charge on any atom is 0.342 e. The number of phenolic OH excluding ortho intramolecular Hbond substituents is 2. The predicted octanol–water partition coefficient (Wildman–Crippen LogP) is 3.89. The summed E-state index contributed by atoms with van der Waals surface area (Å²) in [6, 6.07) is 9.57. The number of hydrogen-bond donors (Lipinski definition) is 2. The van der Waals surface area contributed by atoms with Crippen molar-refractivity contribution in [3.63, 3.8) is 0 Å². The molecule has 0 bridgehead atoms. The molecule has 1 aliphatic heterocycles. The first kappa shape index (κ1) is 20.9. The van der Waals surface area contributed by atoms with Crippen molar-refractivity contribution in [2.45, 2.75) is 39.3 Å². The van der Waals surface area contributed by atoms with E-state index in [-0.39, 0.29) is 28.9 Å². The second-order valence-corrected chi connectivity index (χ2v) is 7.87. The molecular weight excluding hydrogens is 398 g/mol. The van der Waals surface area contributed by atoms with Crippen LogP contribution in [-0.2, 0) is 16.0 Å². The number of Topliss-reactive ketones (excluding diaryl/α,β-unsaturated/α-hetero) is 1. The van der Waals surface area contributed by atoms with Gasteiger partial charge in [-0.15, -0.1) is 0 Å². The van der Waals surface area contributed by atoms with Gasteiger partial charge in [0.15, 0.2) is 6.61 Å². The number of phenols is 2. The van der Waals surface area contributed by atoms with Crippen LogP contribution in [0.4, 0.5) is 0 Å².